The molecule has 6 nitrogen and oxygen atoms in total. The molecule has 0 spiro atoms. The van der Waals surface area contributed by atoms with Crippen LogP contribution in [-0.2, 0) is 4.84 Å². The number of aliphatic hydroxyl groups is 3. The fourth-order valence-electron chi connectivity index (χ4n) is 8.16. The van der Waals surface area contributed by atoms with E-state index >= 15 is 0 Å². The molecular formula is C25H44N2O4. The Balaban J connectivity index is 1.48. The summed E-state index contributed by atoms with van der Waals surface area (Å²) in [5, 5.41) is 38.2. The van der Waals surface area contributed by atoms with Gasteiger partial charge in [-0.05, 0) is 95.1 Å². The summed E-state index contributed by atoms with van der Waals surface area (Å²) in [5.41, 5.74) is -2.08. The zero-order valence-electron chi connectivity index (χ0n) is 20.0. The van der Waals surface area contributed by atoms with Gasteiger partial charge in [-0.15, -0.1) is 0 Å². The van der Waals surface area contributed by atoms with Gasteiger partial charge >= 0.3 is 0 Å². The summed E-state index contributed by atoms with van der Waals surface area (Å²) >= 11 is 0. The molecule has 0 aromatic rings. The molecule has 4 fully saturated rings. The van der Waals surface area contributed by atoms with Gasteiger partial charge in [0, 0.05) is 24.6 Å². The molecule has 0 amide bonds. The van der Waals surface area contributed by atoms with Gasteiger partial charge in [-0.25, -0.2) is 0 Å². The lowest BCUT2D eigenvalue weighted by atomic mass is 9.43. The Bertz CT molecular complexity index is 686. The van der Waals surface area contributed by atoms with Crippen LogP contribution in [0.5, 0.6) is 0 Å². The van der Waals surface area contributed by atoms with Crippen LogP contribution in [0.4, 0.5) is 0 Å². The third-order valence-corrected chi connectivity index (χ3v) is 10.3. The fraction of sp³-hybridized carbons (Fsp3) is 0.960. The fourth-order valence-corrected chi connectivity index (χ4v) is 8.16. The third-order valence-electron chi connectivity index (χ3n) is 10.3. The van der Waals surface area contributed by atoms with Gasteiger partial charge in [0.05, 0.1) is 17.3 Å². The Kier molecular flexibility index (Phi) is 6.26. The second-order valence-electron chi connectivity index (χ2n) is 11.9. The number of rotatable bonds is 6. The van der Waals surface area contributed by atoms with Crippen LogP contribution in [0.1, 0.15) is 78.1 Å². The monoisotopic (exact) mass is 436 g/mol. The summed E-state index contributed by atoms with van der Waals surface area (Å²) in [4.78, 5) is 7.39. The van der Waals surface area contributed by atoms with Gasteiger partial charge in [0.25, 0.3) is 0 Å². The number of likely N-dealkylation sites (N-methyl/N-ethyl adjacent to an activating group) is 1. The van der Waals surface area contributed by atoms with Crippen molar-refractivity contribution in [1.29, 1.82) is 0 Å². The van der Waals surface area contributed by atoms with Gasteiger partial charge in [-0.3, -0.25) is 0 Å². The summed E-state index contributed by atoms with van der Waals surface area (Å²) in [5.74, 6) is 1.30. The van der Waals surface area contributed by atoms with Gasteiger partial charge < -0.3 is 25.1 Å². The maximum atomic E-state index is 12.2. The lowest BCUT2D eigenvalue weighted by Gasteiger charge is -2.64. The van der Waals surface area contributed by atoms with Crippen LogP contribution >= 0.6 is 0 Å². The first kappa shape index (κ1) is 23.5. The molecule has 31 heavy (non-hydrogen) atoms. The van der Waals surface area contributed by atoms with E-state index in [0.29, 0.717) is 37.7 Å². The van der Waals surface area contributed by atoms with Crippen LogP contribution < -0.4 is 0 Å². The van der Waals surface area contributed by atoms with Crippen LogP contribution in [0.15, 0.2) is 5.16 Å². The summed E-state index contributed by atoms with van der Waals surface area (Å²) in [6.45, 7) is 5.88. The second kappa shape index (κ2) is 8.27. The van der Waals surface area contributed by atoms with E-state index in [1.165, 1.54) is 0 Å². The predicted octanol–water partition coefficient (Wildman–Crippen LogP) is 3.19. The van der Waals surface area contributed by atoms with E-state index < -0.39 is 16.6 Å². The quantitative estimate of drug-likeness (QED) is 0.338. The van der Waals surface area contributed by atoms with Crippen LogP contribution in [0.2, 0.25) is 0 Å². The smallest absolute Gasteiger partial charge is 0.129 e. The van der Waals surface area contributed by atoms with Crippen molar-refractivity contribution in [1.82, 2.24) is 4.90 Å². The van der Waals surface area contributed by atoms with E-state index in [0.717, 1.165) is 51.5 Å². The molecule has 4 aliphatic rings. The first-order chi connectivity index (χ1) is 14.6. The third kappa shape index (κ3) is 3.66. The maximum absolute atomic E-state index is 12.2. The van der Waals surface area contributed by atoms with Crippen molar-refractivity contribution in [2.45, 2.75) is 95.4 Å². The minimum absolute atomic E-state index is 0.151. The van der Waals surface area contributed by atoms with Crippen LogP contribution in [0.3, 0.4) is 0 Å². The summed E-state index contributed by atoms with van der Waals surface area (Å²) < 4.78 is 0. The molecule has 0 heterocycles. The SMILES string of the molecule is CN(C)CCO/N=C\CC1(O)CC[C@@]2(O)[C@@H]3CCC4CC(O)CC[C@]4(C)[C@@H]3CC[C@]12C. The summed E-state index contributed by atoms with van der Waals surface area (Å²) in [6.07, 6.45) is 10.2. The minimum atomic E-state index is -0.943. The van der Waals surface area contributed by atoms with Crippen molar-refractivity contribution in [3.8, 4) is 0 Å². The standard InChI is InChI=1S/C25H44N2O4/c1-22-9-7-19(28)17-18(22)5-6-21-20(22)8-10-23(2)24(29,11-12-25(21,23)30)13-14-26-31-16-15-27(3)4/h14,18-21,28-30H,5-13,15-17H2,1-4H3/b26-14-/t18?,19?,20-,21-,22+,23-,24?,25-/m1/s1. The molecule has 4 aliphatic carbocycles. The zero-order chi connectivity index (χ0) is 22.5. The topological polar surface area (TPSA) is 85.5 Å². The van der Waals surface area contributed by atoms with E-state index in [4.69, 9.17) is 4.84 Å². The Morgan fingerprint density at radius 3 is 2.52 bits per heavy atom. The van der Waals surface area contributed by atoms with E-state index in [9.17, 15) is 15.3 Å². The van der Waals surface area contributed by atoms with Gasteiger partial charge in [0.1, 0.15) is 6.61 Å². The molecule has 3 unspecified atom stereocenters. The highest BCUT2D eigenvalue weighted by atomic mass is 16.6. The normalized spacial score (nSPS) is 49.7. The van der Waals surface area contributed by atoms with Crippen molar-refractivity contribution in [3.63, 3.8) is 0 Å². The molecule has 178 valence electrons. The molecule has 0 saturated heterocycles. The molecule has 0 aliphatic heterocycles. The maximum Gasteiger partial charge on any atom is 0.129 e. The molecule has 0 bridgehead atoms. The Hall–Kier alpha value is -0.690. The molecular weight excluding hydrogens is 392 g/mol. The molecule has 4 rings (SSSR count). The highest BCUT2D eigenvalue weighted by molar-refractivity contribution is 5.59. The van der Waals surface area contributed by atoms with Crippen molar-refractivity contribution >= 4 is 6.21 Å². The molecule has 0 aromatic heterocycles. The Morgan fingerprint density at radius 1 is 1.00 bits per heavy atom. The number of hydrogen-bond donors (Lipinski definition) is 3. The lowest BCUT2D eigenvalue weighted by Crippen LogP contribution is -2.65. The molecule has 0 aromatic carbocycles. The van der Waals surface area contributed by atoms with Gasteiger partial charge in [-0.2, -0.15) is 0 Å². The molecule has 6 heteroatoms. The Labute approximate surface area is 188 Å². The van der Waals surface area contributed by atoms with Crippen LogP contribution in [0.25, 0.3) is 0 Å². The van der Waals surface area contributed by atoms with E-state index in [1.807, 2.05) is 19.0 Å². The van der Waals surface area contributed by atoms with Crippen molar-refractivity contribution < 1.29 is 20.2 Å². The number of fused-ring (bicyclic) bond motifs is 5. The average molecular weight is 437 g/mol. The van der Waals surface area contributed by atoms with E-state index in [-0.39, 0.29) is 17.4 Å². The number of oxime groups is 1. The van der Waals surface area contributed by atoms with Gasteiger partial charge in [-0.1, -0.05) is 19.0 Å². The van der Waals surface area contributed by atoms with Gasteiger partial charge in [0.15, 0.2) is 0 Å². The second-order valence-corrected chi connectivity index (χ2v) is 11.9. The predicted molar refractivity (Wildman–Crippen MR) is 122 cm³/mol. The summed E-state index contributed by atoms with van der Waals surface area (Å²) in [7, 11) is 3.99. The van der Waals surface area contributed by atoms with Gasteiger partial charge in [0.2, 0.25) is 0 Å². The van der Waals surface area contributed by atoms with Crippen LogP contribution in [0, 0.1) is 28.6 Å². The van der Waals surface area contributed by atoms with Crippen LogP contribution in [-0.4, -0.2) is 71.0 Å². The Morgan fingerprint density at radius 2 is 1.77 bits per heavy atom. The first-order valence-corrected chi connectivity index (χ1v) is 12.5. The minimum Gasteiger partial charge on any atom is -0.395 e. The highest BCUT2D eigenvalue weighted by Crippen LogP contribution is 2.70. The number of hydrogen-bond acceptors (Lipinski definition) is 6. The molecule has 3 N–H and O–H groups in total. The first-order valence-electron chi connectivity index (χ1n) is 12.5. The summed E-state index contributed by atoms with van der Waals surface area (Å²) in [6, 6.07) is 0. The highest BCUT2D eigenvalue weighted by Gasteiger charge is 2.71. The number of nitrogens with zero attached hydrogens (tertiary/aromatic N) is 2. The van der Waals surface area contributed by atoms with Crippen molar-refractivity contribution in [2.75, 3.05) is 27.2 Å². The zero-order valence-corrected chi connectivity index (χ0v) is 20.0. The van der Waals surface area contributed by atoms with Crippen molar-refractivity contribution in [3.05, 3.63) is 0 Å². The van der Waals surface area contributed by atoms with E-state index in [2.05, 4.69) is 19.0 Å². The largest absolute Gasteiger partial charge is 0.395 e. The van der Waals surface area contributed by atoms with E-state index in [1.54, 1.807) is 6.21 Å². The average Bonchev–Trinajstić information content (AvgIpc) is 2.92. The number of aliphatic hydroxyl groups excluding tert-OH is 1. The molecule has 8 atom stereocenters. The van der Waals surface area contributed by atoms with Crippen molar-refractivity contribution in [2.24, 2.45) is 33.7 Å². The molecule has 0 radical (unpaired) electrons. The molecule has 4 saturated carbocycles. The lowest BCUT2D eigenvalue weighted by molar-refractivity contribution is -0.234.